The van der Waals surface area contributed by atoms with Gasteiger partial charge in [-0.25, -0.2) is 24.3 Å². The minimum atomic E-state index is -4.80. The molecular weight excluding hydrogens is 570 g/mol. The zero-order chi connectivity index (χ0) is 29.0. The number of nitrogens with zero attached hydrogens (tertiary/aromatic N) is 7. The lowest BCUT2D eigenvalue weighted by molar-refractivity contribution is -0.141. The number of aromatic nitrogens is 6. The first-order valence-electron chi connectivity index (χ1n) is 11.9. The number of rotatable bonds is 3. The number of fused-ring (bicyclic) bond motifs is 1. The molecule has 3 aromatic heterocycles. The van der Waals surface area contributed by atoms with Gasteiger partial charge in [-0.15, -0.1) is 0 Å². The van der Waals surface area contributed by atoms with Crippen molar-refractivity contribution < 1.29 is 22.7 Å². The van der Waals surface area contributed by atoms with Crippen LogP contribution < -0.4 is 4.90 Å². The van der Waals surface area contributed by atoms with E-state index in [-0.39, 0.29) is 27.4 Å². The van der Waals surface area contributed by atoms with Crippen molar-refractivity contribution in [3.8, 4) is 5.82 Å². The average molecular weight is 592 g/mol. The Morgan fingerprint density at radius 1 is 1.02 bits per heavy atom. The van der Waals surface area contributed by atoms with Crippen LogP contribution in [0, 0.1) is 0 Å². The van der Waals surface area contributed by atoms with Gasteiger partial charge in [0.1, 0.15) is 23.8 Å². The number of benzene rings is 1. The zero-order valence-electron chi connectivity index (χ0n) is 21.6. The molecule has 4 heterocycles. The van der Waals surface area contributed by atoms with Crippen LogP contribution in [0.1, 0.15) is 50.8 Å². The van der Waals surface area contributed by atoms with Crippen LogP contribution in [0.15, 0.2) is 60.7 Å². The summed E-state index contributed by atoms with van der Waals surface area (Å²) in [5.41, 5.74) is -1.13. The molecule has 0 saturated heterocycles. The molecule has 0 radical (unpaired) electrons. The van der Waals surface area contributed by atoms with Crippen LogP contribution >= 0.6 is 23.2 Å². The number of hydrogen-bond donors (Lipinski definition) is 0. The number of ether oxygens (including phenoxy) is 1. The second-order valence-corrected chi connectivity index (χ2v) is 10.7. The van der Waals surface area contributed by atoms with Gasteiger partial charge in [0.2, 0.25) is 0 Å². The average Bonchev–Trinajstić information content (AvgIpc) is 3.52. The lowest BCUT2D eigenvalue weighted by Gasteiger charge is -2.36. The highest BCUT2D eigenvalue weighted by Crippen LogP contribution is 2.46. The van der Waals surface area contributed by atoms with E-state index in [2.05, 4.69) is 20.2 Å². The summed E-state index contributed by atoms with van der Waals surface area (Å²) in [4.78, 5) is 23.3. The van der Waals surface area contributed by atoms with Gasteiger partial charge in [0, 0.05) is 23.5 Å². The molecule has 1 amide bonds. The molecule has 208 valence electrons. The zero-order valence-corrected chi connectivity index (χ0v) is 23.1. The molecule has 0 fully saturated rings. The summed E-state index contributed by atoms with van der Waals surface area (Å²) in [6, 6.07) is 9.63. The largest absolute Gasteiger partial charge is 0.443 e. The Morgan fingerprint density at radius 2 is 1.77 bits per heavy atom. The van der Waals surface area contributed by atoms with Crippen molar-refractivity contribution in [2.75, 3.05) is 4.90 Å². The van der Waals surface area contributed by atoms with Crippen LogP contribution in [0.2, 0.25) is 10.0 Å². The minimum Gasteiger partial charge on any atom is -0.443 e. The Balaban J connectivity index is 1.83. The van der Waals surface area contributed by atoms with Gasteiger partial charge in [0.15, 0.2) is 17.3 Å². The molecule has 1 atom stereocenters. The molecule has 4 aromatic rings. The van der Waals surface area contributed by atoms with E-state index in [9.17, 15) is 18.0 Å². The summed E-state index contributed by atoms with van der Waals surface area (Å²) in [6.45, 7) is 6.56. The normalized spacial score (nSPS) is 15.8. The molecule has 9 nitrogen and oxygen atoms in total. The van der Waals surface area contributed by atoms with Gasteiger partial charge in [-0.2, -0.15) is 28.1 Å². The molecule has 40 heavy (non-hydrogen) atoms. The Hall–Kier alpha value is -3.90. The highest BCUT2D eigenvalue weighted by atomic mass is 35.5. The first kappa shape index (κ1) is 27.7. The minimum absolute atomic E-state index is 0.150. The van der Waals surface area contributed by atoms with Crippen molar-refractivity contribution in [2.24, 2.45) is 0 Å². The van der Waals surface area contributed by atoms with Crippen LogP contribution in [-0.4, -0.2) is 41.2 Å². The molecule has 14 heteroatoms. The molecule has 0 bridgehead atoms. The van der Waals surface area contributed by atoms with Gasteiger partial charge in [-0.3, -0.25) is 0 Å². The lowest BCUT2D eigenvalue weighted by atomic mass is 9.94. The summed E-state index contributed by atoms with van der Waals surface area (Å²) in [7, 11) is 0. The third-order valence-corrected chi connectivity index (χ3v) is 6.71. The van der Waals surface area contributed by atoms with Gasteiger partial charge < -0.3 is 4.74 Å². The summed E-state index contributed by atoms with van der Waals surface area (Å²) in [5.74, 6) is 0.465. The van der Waals surface area contributed by atoms with E-state index in [1.165, 1.54) is 23.1 Å². The highest BCUT2D eigenvalue weighted by molar-refractivity contribution is 6.42. The molecule has 1 aromatic carbocycles. The maximum atomic E-state index is 14.0. The highest BCUT2D eigenvalue weighted by Gasteiger charge is 2.44. The number of allylic oxidation sites excluding steroid dienone is 2. The summed E-state index contributed by atoms with van der Waals surface area (Å²) < 4.78 is 50.0. The van der Waals surface area contributed by atoms with E-state index >= 15 is 0 Å². The molecule has 0 unspecified atom stereocenters. The summed E-state index contributed by atoms with van der Waals surface area (Å²) in [5, 5.41) is 8.66. The topological polar surface area (TPSA) is 91.0 Å². The van der Waals surface area contributed by atoms with E-state index in [0.717, 1.165) is 15.6 Å². The number of halogens is 5. The summed E-state index contributed by atoms with van der Waals surface area (Å²) in [6.07, 6.45) is -2.84. The first-order chi connectivity index (χ1) is 18.8. The Kier molecular flexibility index (Phi) is 6.87. The molecule has 1 aliphatic heterocycles. The number of carbonyl (C=O) groups is 1. The van der Waals surface area contributed by atoms with Gasteiger partial charge in [0.25, 0.3) is 0 Å². The van der Waals surface area contributed by atoms with Crippen LogP contribution in [0.3, 0.4) is 0 Å². The smallest absolute Gasteiger partial charge is 0.435 e. The Labute approximate surface area is 236 Å². The van der Waals surface area contributed by atoms with Crippen molar-refractivity contribution in [1.29, 1.82) is 0 Å². The fraction of sp³-hybridized carbons (Fsp3) is 0.269. The van der Waals surface area contributed by atoms with Gasteiger partial charge >= 0.3 is 12.3 Å². The second kappa shape index (κ2) is 9.93. The van der Waals surface area contributed by atoms with Gasteiger partial charge in [-0.1, -0.05) is 35.3 Å². The number of hydrogen-bond acceptors (Lipinski definition) is 6. The Morgan fingerprint density at radius 3 is 2.40 bits per heavy atom. The molecule has 0 aliphatic carbocycles. The van der Waals surface area contributed by atoms with Crippen molar-refractivity contribution in [3.63, 3.8) is 0 Å². The van der Waals surface area contributed by atoms with Crippen LogP contribution in [-0.2, 0) is 10.9 Å². The third kappa shape index (κ3) is 5.04. The van der Waals surface area contributed by atoms with Gasteiger partial charge in [0.05, 0.1) is 10.0 Å². The van der Waals surface area contributed by atoms with E-state index in [4.69, 9.17) is 27.9 Å². The monoisotopic (exact) mass is 591 g/mol. The van der Waals surface area contributed by atoms with Gasteiger partial charge in [-0.05, 0) is 57.5 Å². The number of alkyl halides is 3. The fourth-order valence-corrected chi connectivity index (χ4v) is 4.68. The van der Waals surface area contributed by atoms with E-state index in [0.29, 0.717) is 17.0 Å². The number of pyridine rings is 1. The van der Waals surface area contributed by atoms with Crippen molar-refractivity contribution in [1.82, 2.24) is 29.5 Å². The van der Waals surface area contributed by atoms with Crippen molar-refractivity contribution >= 4 is 40.7 Å². The molecular formula is C26H22Cl2F3N7O2. The van der Waals surface area contributed by atoms with Crippen LogP contribution in [0.5, 0.6) is 0 Å². The first-order valence-corrected chi connectivity index (χ1v) is 12.7. The van der Waals surface area contributed by atoms with E-state index < -0.39 is 29.6 Å². The van der Waals surface area contributed by atoms with Crippen LogP contribution in [0.4, 0.5) is 23.8 Å². The SMILES string of the molecule is CC1=C(c2ncnn2-c2ccccn2)[C@@H](c2ccc(Cl)c(Cl)c2)n2nc(C(F)(F)F)cc2N1C(=O)OC(C)(C)C. The Bertz CT molecular complexity index is 1630. The standard InChI is InChI=1S/C26H22Cl2F3N7O2/c1-14-21(23-33-13-34-37(23)19-7-5-6-10-32-19)22(15-8-9-16(27)17(28)11-15)38-20(12-18(35-38)26(29,30)31)36(14)24(39)40-25(2,3)4/h5-13,22H,1-4H3/t22-/m1/s1. The fourth-order valence-electron chi connectivity index (χ4n) is 4.38. The van der Waals surface area contributed by atoms with Crippen molar-refractivity contribution in [3.05, 3.63) is 87.8 Å². The quantitative estimate of drug-likeness (QED) is 0.256. The summed E-state index contributed by atoms with van der Waals surface area (Å²) >= 11 is 12.5. The predicted molar refractivity (Wildman–Crippen MR) is 142 cm³/mol. The number of carbonyl (C=O) groups excluding carboxylic acids is 1. The molecule has 0 saturated carbocycles. The van der Waals surface area contributed by atoms with E-state index in [1.807, 2.05) is 0 Å². The lowest BCUT2D eigenvalue weighted by Crippen LogP contribution is -2.41. The maximum Gasteiger partial charge on any atom is 0.435 e. The molecule has 0 spiro atoms. The predicted octanol–water partition coefficient (Wildman–Crippen LogP) is 6.96. The van der Waals surface area contributed by atoms with E-state index in [1.54, 1.807) is 58.2 Å². The van der Waals surface area contributed by atoms with Crippen LogP contribution in [0.25, 0.3) is 11.4 Å². The third-order valence-electron chi connectivity index (χ3n) is 5.97. The second-order valence-electron chi connectivity index (χ2n) is 9.90. The molecule has 5 rings (SSSR count). The number of anilines is 1. The molecule has 0 N–H and O–H groups in total. The maximum absolute atomic E-state index is 14.0. The van der Waals surface area contributed by atoms with Crippen molar-refractivity contribution in [2.45, 2.75) is 45.5 Å². The molecule has 1 aliphatic rings. The number of amides is 1.